The van der Waals surface area contributed by atoms with Crippen LogP contribution in [0.3, 0.4) is 0 Å². The molecule has 1 aromatic carbocycles. The molecule has 0 radical (unpaired) electrons. The lowest BCUT2D eigenvalue weighted by Gasteiger charge is -2.27. The highest BCUT2D eigenvalue weighted by atomic mass is 32.1. The highest BCUT2D eigenvalue weighted by Gasteiger charge is 2.31. The van der Waals surface area contributed by atoms with Crippen molar-refractivity contribution in [2.75, 3.05) is 14.2 Å². The molecule has 0 N–H and O–H groups in total. The minimum atomic E-state index is -0.104. The fourth-order valence-electron chi connectivity index (χ4n) is 2.82. The van der Waals surface area contributed by atoms with Gasteiger partial charge in [-0.2, -0.15) is 8.75 Å². The van der Waals surface area contributed by atoms with E-state index in [1.807, 2.05) is 0 Å². The van der Waals surface area contributed by atoms with Crippen LogP contribution in [-0.2, 0) is 11.8 Å². The molecule has 0 aliphatic heterocycles. The number of nitrogens with zero attached hydrogens (tertiary/aromatic N) is 2. The van der Waals surface area contributed by atoms with Crippen LogP contribution >= 0.6 is 11.7 Å². The number of benzene rings is 1. The van der Waals surface area contributed by atoms with Crippen LogP contribution in [-0.4, -0.2) is 23.0 Å². The Balaban J connectivity index is 2.90. The SMILES string of the molecule is COc1c(OC)c(C(C)(C)C)c2nsnc2c1CC(C)(C)C. The molecule has 122 valence electrons. The second-order valence-corrected chi connectivity index (χ2v) is 8.40. The average molecular weight is 322 g/mol. The number of hydrogen-bond acceptors (Lipinski definition) is 5. The van der Waals surface area contributed by atoms with Gasteiger partial charge in [-0.15, -0.1) is 0 Å². The molecule has 0 saturated heterocycles. The van der Waals surface area contributed by atoms with Crippen molar-refractivity contribution in [1.82, 2.24) is 8.75 Å². The van der Waals surface area contributed by atoms with Crippen molar-refractivity contribution in [2.24, 2.45) is 5.41 Å². The summed E-state index contributed by atoms with van der Waals surface area (Å²) in [6.07, 6.45) is 0.860. The lowest BCUT2D eigenvalue weighted by molar-refractivity contribution is 0.336. The van der Waals surface area contributed by atoms with Gasteiger partial charge in [0, 0.05) is 11.1 Å². The van der Waals surface area contributed by atoms with Gasteiger partial charge in [-0.1, -0.05) is 41.5 Å². The Kier molecular flexibility index (Phi) is 4.39. The topological polar surface area (TPSA) is 44.2 Å². The molecule has 1 heterocycles. The smallest absolute Gasteiger partial charge is 0.167 e. The molecule has 0 unspecified atom stereocenters. The van der Waals surface area contributed by atoms with Crippen LogP contribution in [0.15, 0.2) is 0 Å². The summed E-state index contributed by atoms with van der Waals surface area (Å²) in [5.41, 5.74) is 4.05. The summed E-state index contributed by atoms with van der Waals surface area (Å²) in [6, 6.07) is 0. The minimum Gasteiger partial charge on any atom is -0.492 e. The van der Waals surface area contributed by atoms with Crippen molar-refractivity contribution < 1.29 is 9.47 Å². The van der Waals surface area contributed by atoms with E-state index in [0.717, 1.165) is 40.1 Å². The van der Waals surface area contributed by atoms with Crippen LogP contribution in [0, 0.1) is 5.41 Å². The van der Waals surface area contributed by atoms with Gasteiger partial charge < -0.3 is 9.47 Å². The molecular weight excluding hydrogens is 296 g/mol. The van der Waals surface area contributed by atoms with Crippen LogP contribution in [0.5, 0.6) is 11.5 Å². The van der Waals surface area contributed by atoms with Gasteiger partial charge in [-0.05, 0) is 17.3 Å². The molecule has 0 amide bonds. The van der Waals surface area contributed by atoms with Gasteiger partial charge in [0.1, 0.15) is 11.0 Å². The van der Waals surface area contributed by atoms with Crippen LogP contribution < -0.4 is 9.47 Å². The predicted octanol–water partition coefficient (Wildman–Crippen LogP) is 4.59. The highest BCUT2D eigenvalue weighted by Crippen LogP contribution is 2.47. The van der Waals surface area contributed by atoms with Gasteiger partial charge >= 0.3 is 0 Å². The van der Waals surface area contributed by atoms with E-state index in [-0.39, 0.29) is 10.8 Å². The van der Waals surface area contributed by atoms with E-state index in [9.17, 15) is 0 Å². The molecule has 5 heteroatoms. The Hall–Kier alpha value is -1.36. The quantitative estimate of drug-likeness (QED) is 0.828. The van der Waals surface area contributed by atoms with E-state index >= 15 is 0 Å². The molecule has 0 bridgehead atoms. The summed E-state index contributed by atoms with van der Waals surface area (Å²) in [5.74, 6) is 1.58. The molecule has 0 atom stereocenters. The average Bonchev–Trinajstić information content (AvgIpc) is 2.83. The van der Waals surface area contributed by atoms with E-state index in [2.05, 4.69) is 50.3 Å². The first kappa shape index (κ1) is 17.0. The molecule has 2 rings (SSSR count). The maximum atomic E-state index is 5.74. The molecule has 2 aromatic rings. The van der Waals surface area contributed by atoms with E-state index < -0.39 is 0 Å². The zero-order chi connectivity index (χ0) is 16.7. The Morgan fingerprint density at radius 2 is 1.41 bits per heavy atom. The first-order chi connectivity index (χ1) is 10.1. The molecule has 22 heavy (non-hydrogen) atoms. The Morgan fingerprint density at radius 3 is 1.86 bits per heavy atom. The number of fused-ring (bicyclic) bond motifs is 1. The van der Waals surface area contributed by atoms with E-state index in [1.165, 1.54) is 11.7 Å². The Morgan fingerprint density at radius 1 is 0.864 bits per heavy atom. The van der Waals surface area contributed by atoms with Crippen LogP contribution in [0.2, 0.25) is 0 Å². The van der Waals surface area contributed by atoms with Crippen molar-refractivity contribution in [3.8, 4) is 11.5 Å². The van der Waals surface area contributed by atoms with Gasteiger partial charge in [0.25, 0.3) is 0 Å². The fourth-order valence-corrected chi connectivity index (χ4v) is 3.40. The third-order valence-electron chi connectivity index (χ3n) is 3.58. The zero-order valence-electron chi connectivity index (χ0n) is 14.8. The standard InChI is InChI=1S/C17H26N2O2S/c1-16(2,3)9-10-12-13(19-22-18-12)11(17(4,5)6)15(21-8)14(10)20-7/h9H2,1-8H3. The van der Waals surface area contributed by atoms with Crippen molar-refractivity contribution in [3.05, 3.63) is 11.1 Å². The molecular formula is C17H26N2O2S. The molecule has 0 aliphatic rings. The number of ether oxygens (including phenoxy) is 2. The van der Waals surface area contributed by atoms with Crippen molar-refractivity contribution >= 4 is 22.8 Å². The van der Waals surface area contributed by atoms with Crippen LogP contribution in [0.25, 0.3) is 11.0 Å². The monoisotopic (exact) mass is 322 g/mol. The number of rotatable bonds is 3. The summed E-state index contributed by atoms with van der Waals surface area (Å²) in [6.45, 7) is 13.1. The maximum absolute atomic E-state index is 5.74. The summed E-state index contributed by atoms with van der Waals surface area (Å²) in [7, 11) is 3.39. The third-order valence-corrected chi connectivity index (χ3v) is 4.11. The normalized spacial score (nSPS) is 12.7. The number of aromatic nitrogens is 2. The van der Waals surface area contributed by atoms with Crippen LogP contribution in [0.1, 0.15) is 52.7 Å². The van der Waals surface area contributed by atoms with Gasteiger partial charge in [-0.25, -0.2) is 0 Å². The zero-order valence-corrected chi connectivity index (χ0v) is 15.6. The van der Waals surface area contributed by atoms with Gasteiger partial charge in [0.05, 0.1) is 25.9 Å². The number of methoxy groups -OCH3 is 2. The van der Waals surface area contributed by atoms with Gasteiger partial charge in [-0.3, -0.25) is 0 Å². The second-order valence-electron chi connectivity index (χ2n) is 7.87. The molecule has 0 saturated carbocycles. The first-order valence-electron chi connectivity index (χ1n) is 7.49. The van der Waals surface area contributed by atoms with Gasteiger partial charge in [0.2, 0.25) is 0 Å². The van der Waals surface area contributed by atoms with E-state index in [0.29, 0.717) is 0 Å². The van der Waals surface area contributed by atoms with E-state index in [1.54, 1.807) is 14.2 Å². The Bertz CT molecular complexity index is 678. The fraction of sp³-hybridized carbons (Fsp3) is 0.647. The maximum Gasteiger partial charge on any atom is 0.167 e. The van der Waals surface area contributed by atoms with Crippen molar-refractivity contribution in [1.29, 1.82) is 0 Å². The van der Waals surface area contributed by atoms with Gasteiger partial charge in [0.15, 0.2) is 11.5 Å². The summed E-state index contributed by atoms with van der Waals surface area (Å²) in [4.78, 5) is 0. The van der Waals surface area contributed by atoms with E-state index in [4.69, 9.17) is 9.47 Å². The minimum absolute atomic E-state index is 0.104. The highest BCUT2D eigenvalue weighted by molar-refractivity contribution is 7.00. The summed E-state index contributed by atoms with van der Waals surface area (Å²) in [5, 5.41) is 0. The molecule has 1 aromatic heterocycles. The lowest BCUT2D eigenvalue weighted by atomic mass is 9.81. The third kappa shape index (κ3) is 3.05. The van der Waals surface area contributed by atoms with Crippen LogP contribution in [0.4, 0.5) is 0 Å². The second kappa shape index (κ2) is 5.69. The van der Waals surface area contributed by atoms with Crippen molar-refractivity contribution in [2.45, 2.75) is 53.4 Å². The predicted molar refractivity (Wildman–Crippen MR) is 92.4 cm³/mol. The molecule has 0 spiro atoms. The summed E-state index contributed by atoms with van der Waals surface area (Å²) >= 11 is 1.25. The van der Waals surface area contributed by atoms with Crippen molar-refractivity contribution in [3.63, 3.8) is 0 Å². The first-order valence-corrected chi connectivity index (χ1v) is 8.22. The lowest BCUT2D eigenvalue weighted by Crippen LogP contribution is -2.17. The largest absolute Gasteiger partial charge is 0.492 e. The molecule has 0 aliphatic carbocycles. The molecule has 0 fully saturated rings. The number of hydrogen-bond donors (Lipinski definition) is 0. The summed E-state index contributed by atoms with van der Waals surface area (Å²) < 4.78 is 20.6. The molecule has 4 nitrogen and oxygen atoms in total. The Labute approximate surface area is 137 Å².